The first-order valence-electron chi connectivity index (χ1n) is 11.2. The Hall–Kier alpha value is -2.71. The summed E-state index contributed by atoms with van der Waals surface area (Å²) < 4.78 is 11.3. The molecule has 1 N–H and O–H groups in total. The van der Waals surface area contributed by atoms with E-state index in [1.807, 2.05) is 60.8 Å². The van der Waals surface area contributed by atoms with Crippen molar-refractivity contribution in [2.75, 3.05) is 32.8 Å². The molecule has 1 aliphatic rings. The summed E-state index contributed by atoms with van der Waals surface area (Å²) in [5.41, 5.74) is 2.81. The molecule has 0 saturated carbocycles. The largest absolute Gasteiger partial charge is 0.487 e. The summed E-state index contributed by atoms with van der Waals surface area (Å²) in [6.07, 6.45) is 3.33. The lowest BCUT2D eigenvalue weighted by Gasteiger charge is -2.35. The molecular formula is C26H28ClN3O3S. The first-order chi connectivity index (χ1) is 16.6. The Bertz CT molecular complexity index is 1130. The van der Waals surface area contributed by atoms with Gasteiger partial charge in [-0.15, -0.1) is 11.3 Å². The van der Waals surface area contributed by atoms with Gasteiger partial charge in [0.05, 0.1) is 30.0 Å². The SMILES string of the molecule is Cc1nc(COc2cccc(/C=C/C(=O)NCC(c3ccccc3Cl)N3CCOCC3)c2)cs1. The van der Waals surface area contributed by atoms with Gasteiger partial charge in [0.25, 0.3) is 0 Å². The van der Waals surface area contributed by atoms with Crippen LogP contribution in [0.5, 0.6) is 5.75 Å². The molecule has 1 aliphatic heterocycles. The minimum Gasteiger partial charge on any atom is -0.487 e. The Morgan fingerprint density at radius 2 is 2.09 bits per heavy atom. The zero-order valence-electron chi connectivity index (χ0n) is 19.1. The Labute approximate surface area is 209 Å². The van der Waals surface area contributed by atoms with Crippen LogP contribution in [0.4, 0.5) is 0 Å². The Morgan fingerprint density at radius 1 is 1.26 bits per heavy atom. The third kappa shape index (κ3) is 6.90. The third-order valence-corrected chi connectivity index (χ3v) is 6.73. The Kier molecular flexibility index (Phi) is 8.71. The number of ether oxygens (including phenoxy) is 2. The van der Waals surface area contributed by atoms with Gasteiger partial charge in [-0.1, -0.05) is 41.9 Å². The van der Waals surface area contributed by atoms with E-state index in [2.05, 4.69) is 15.2 Å². The number of halogens is 1. The van der Waals surface area contributed by atoms with Crippen molar-refractivity contribution in [3.8, 4) is 5.75 Å². The molecule has 0 radical (unpaired) electrons. The number of hydrogen-bond donors (Lipinski definition) is 1. The molecule has 4 rings (SSSR count). The number of thiazole rings is 1. The number of hydrogen-bond acceptors (Lipinski definition) is 6. The van der Waals surface area contributed by atoms with E-state index in [1.54, 1.807) is 23.5 Å². The van der Waals surface area contributed by atoms with Gasteiger partial charge >= 0.3 is 0 Å². The van der Waals surface area contributed by atoms with E-state index in [-0.39, 0.29) is 11.9 Å². The predicted molar refractivity (Wildman–Crippen MR) is 136 cm³/mol. The fourth-order valence-corrected chi connectivity index (χ4v) is 4.70. The first-order valence-corrected chi connectivity index (χ1v) is 12.5. The van der Waals surface area contributed by atoms with E-state index >= 15 is 0 Å². The van der Waals surface area contributed by atoms with Crippen molar-refractivity contribution in [1.29, 1.82) is 0 Å². The fourth-order valence-electron chi connectivity index (χ4n) is 3.84. The van der Waals surface area contributed by atoms with Gasteiger partial charge in [0, 0.05) is 36.1 Å². The molecule has 2 aromatic carbocycles. The summed E-state index contributed by atoms with van der Waals surface area (Å²) in [4.78, 5) is 19.3. The molecule has 1 aromatic heterocycles. The van der Waals surface area contributed by atoms with Gasteiger partial charge in [0.1, 0.15) is 12.4 Å². The zero-order valence-corrected chi connectivity index (χ0v) is 20.6. The lowest BCUT2D eigenvalue weighted by atomic mass is 10.0. The van der Waals surface area contributed by atoms with Crippen LogP contribution in [0, 0.1) is 6.92 Å². The highest BCUT2D eigenvalue weighted by molar-refractivity contribution is 7.09. The number of aryl methyl sites for hydroxylation is 1. The molecule has 0 aliphatic carbocycles. The molecule has 0 spiro atoms. The number of carbonyl (C=O) groups excluding carboxylic acids is 1. The molecule has 3 aromatic rings. The number of nitrogens with one attached hydrogen (secondary N) is 1. The normalized spacial score (nSPS) is 15.4. The summed E-state index contributed by atoms with van der Waals surface area (Å²) in [6, 6.07) is 15.4. The number of morpholine rings is 1. The molecule has 8 heteroatoms. The smallest absolute Gasteiger partial charge is 0.244 e. The van der Waals surface area contributed by atoms with Crippen LogP contribution in [0.1, 0.15) is 27.9 Å². The van der Waals surface area contributed by atoms with E-state index in [0.29, 0.717) is 31.4 Å². The molecule has 1 amide bonds. The van der Waals surface area contributed by atoms with Crippen LogP contribution in [0.2, 0.25) is 5.02 Å². The third-order valence-electron chi connectivity index (χ3n) is 5.56. The van der Waals surface area contributed by atoms with Crippen molar-refractivity contribution in [1.82, 2.24) is 15.2 Å². The highest BCUT2D eigenvalue weighted by atomic mass is 35.5. The van der Waals surface area contributed by atoms with Crippen LogP contribution < -0.4 is 10.1 Å². The van der Waals surface area contributed by atoms with Crippen molar-refractivity contribution in [2.24, 2.45) is 0 Å². The van der Waals surface area contributed by atoms with Crippen molar-refractivity contribution in [3.63, 3.8) is 0 Å². The lowest BCUT2D eigenvalue weighted by Crippen LogP contribution is -2.43. The quantitative estimate of drug-likeness (QED) is 0.426. The van der Waals surface area contributed by atoms with Crippen molar-refractivity contribution < 1.29 is 14.3 Å². The molecule has 1 fully saturated rings. The highest BCUT2D eigenvalue weighted by Gasteiger charge is 2.24. The van der Waals surface area contributed by atoms with Gasteiger partial charge in [0.2, 0.25) is 5.91 Å². The Balaban J connectivity index is 1.35. The van der Waals surface area contributed by atoms with Gasteiger partial charge in [0.15, 0.2) is 0 Å². The van der Waals surface area contributed by atoms with E-state index < -0.39 is 0 Å². The van der Waals surface area contributed by atoms with E-state index in [1.165, 1.54) is 0 Å². The molecule has 1 saturated heterocycles. The minimum atomic E-state index is -0.158. The van der Waals surface area contributed by atoms with E-state index in [9.17, 15) is 4.79 Å². The average molecular weight is 498 g/mol. The van der Waals surface area contributed by atoms with Crippen molar-refractivity contribution in [2.45, 2.75) is 19.6 Å². The summed E-state index contributed by atoms with van der Waals surface area (Å²) in [7, 11) is 0. The first kappa shape index (κ1) is 24.4. The topological polar surface area (TPSA) is 63.7 Å². The fraction of sp³-hybridized carbons (Fsp3) is 0.308. The summed E-state index contributed by atoms with van der Waals surface area (Å²) in [6.45, 7) is 5.81. The summed E-state index contributed by atoms with van der Waals surface area (Å²) >= 11 is 8.08. The summed E-state index contributed by atoms with van der Waals surface area (Å²) in [5.74, 6) is 0.578. The number of benzene rings is 2. The van der Waals surface area contributed by atoms with Crippen molar-refractivity contribution >= 4 is 34.9 Å². The maximum atomic E-state index is 12.6. The summed E-state index contributed by atoms with van der Waals surface area (Å²) in [5, 5.41) is 6.75. The number of rotatable bonds is 9. The van der Waals surface area contributed by atoms with Gasteiger partial charge in [-0.3, -0.25) is 9.69 Å². The van der Waals surface area contributed by atoms with Crippen LogP contribution in [-0.2, 0) is 16.1 Å². The van der Waals surface area contributed by atoms with E-state index in [4.69, 9.17) is 21.1 Å². The zero-order chi connectivity index (χ0) is 23.8. The monoisotopic (exact) mass is 497 g/mol. The predicted octanol–water partition coefficient (Wildman–Crippen LogP) is 4.89. The number of amides is 1. The van der Waals surface area contributed by atoms with Crippen LogP contribution in [0.25, 0.3) is 6.08 Å². The maximum absolute atomic E-state index is 12.6. The molecule has 2 heterocycles. The van der Waals surface area contributed by atoms with Gasteiger partial charge in [-0.05, 0) is 42.3 Å². The molecular weight excluding hydrogens is 470 g/mol. The van der Waals surface area contributed by atoms with Crippen LogP contribution in [0.15, 0.2) is 60.0 Å². The number of nitrogens with zero attached hydrogens (tertiary/aromatic N) is 2. The maximum Gasteiger partial charge on any atom is 0.244 e. The standard InChI is InChI=1S/C26H28ClN3O3S/c1-19-29-21(18-34-19)17-33-22-6-4-5-20(15-22)9-10-26(31)28-16-25(30-11-13-32-14-12-30)23-7-2-3-8-24(23)27/h2-10,15,18,25H,11-14,16-17H2,1H3,(H,28,31)/b10-9+. The molecule has 6 nitrogen and oxygen atoms in total. The molecule has 0 bridgehead atoms. The Morgan fingerprint density at radius 3 is 2.85 bits per heavy atom. The second kappa shape index (κ2) is 12.1. The molecule has 1 unspecified atom stereocenters. The lowest BCUT2D eigenvalue weighted by molar-refractivity contribution is -0.116. The van der Waals surface area contributed by atoms with Crippen molar-refractivity contribution in [3.05, 3.63) is 86.8 Å². The van der Waals surface area contributed by atoms with Crippen LogP contribution in [-0.4, -0.2) is 48.6 Å². The molecule has 34 heavy (non-hydrogen) atoms. The highest BCUT2D eigenvalue weighted by Crippen LogP contribution is 2.27. The molecule has 178 valence electrons. The van der Waals surface area contributed by atoms with Gasteiger partial charge in [-0.2, -0.15) is 0 Å². The van der Waals surface area contributed by atoms with Crippen LogP contribution >= 0.6 is 22.9 Å². The number of carbonyl (C=O) groups is 1. The van der Waals surface area contributed by atoms with Gasteiger partial charge < -0.3 is 14.8 Å². The van der Waals surface area contributed by atoms with Gasteiger partial charge in [-0.25, -0.2) is 4.98 Å². The second-order valence-corrected chi connectivity index (χ2v) is 9.45. The second-order valence-electron chi connectivity index (χ2n) is 7.98. The molecule has 1 atom stereocenters. The minimum absolute atomic E-state index is 0.0129. The number of aromatic nitrogens is 1. The van der Waals surface area contributed by atoms with Crippen LogP contribution in [0.3, 0.4) is 0 Å². The average Bonchev–Trinajstić information content (AvgIpc) is 3.28. The van der Waals surface area contributed by atoms with E-state index in [0.717, 1.165) is 40.7 Å².